The fourth-order valence-electron chi connectivity index (χ4n) is 1.96. The van der Waals surface area contributed by atoms with Crippen molar-refractivity contribution in [1.82, 2.24) is 0 Å². The topological polar surface area (TPSA) is 128 Å². The average Bonchev–Trinajstić information content (AvgIpc) is 2.60. The number of carbonyl (C=O) groups is 3. The van der Waals surface area contributed by atoms with E-state index < -0.39 is 30.1 Å². The zero-order chi connectivity index (χ0) is 21.1. The minimum atomic E-state index is -0.874. The maximum atomic E-state index is 10.9. The molecule has 0 amide bonds. The van der Waals surface area contributed by atoms with Crippen LogP contribution in [0.4, 0.5) is 5.69 Å². The fourth-order valence-corrected chi connectivity index (χ4v) is 1.96. The van der Waals surface area contributed by atoms with E-state index in [9.17, 15) is 14.4 Å². The summed E-state index contributed by atoms with van der Waals surface area (Å²) in [6, 6.07) is 3.49. The van der Waals surface area contributed by atoms with Crippen LogP contribution in [0.3, 0.4) is 0 Å². The predicted octanol–water partition coefficient (Wildman–Crippen LogP) is 1.94. The third kappa shape index (κ3) is 9.05. The Bertz CT molecular complexity index is 660. The number of anilines is 1. The van der Waals surface area contributed by atoms with E-state index in [-0.39, 0.29) is 13.2 Å². The van der Waals surface area contributed by atoms with Gasteiger partial charge in [-0.3, -0.25) is 9.59 Å². The lowest BCUT2D eigenvalue weighted by Crippen LogP contribution is -2.29. The molecule has 0 aliphatic heterocycles. The van der Waals surface area contributed by atoms with Gasteiger partial charge >= 0.3 is 17.9 Å². The number of esters is 2. The predicted molar refractivity (Wildman–Crippen MR) is 103 cm³/mol. The molecule has 0 aliphatic carbocycles. The van der Waals surface area contributed by atoms with Gasteiger partial charge in [-0.05, 0) is 64.3 Å². The molecule has 0 aromatic heterocycles. The lowest BCUT2D eigenvalue weighted by atomic mass is 10.0. The fraction of sp³-hybridized carbons (Fsp3) is 0.526. The number of aliphatic carboxylic acids is 1. The van der Waals surface area contributed by atoms with Crippen LogP contribution in [-0.4, -0.2) is 48.3 Å². The molecule has 8 nitrogen and oxygen atoms in total. The van der Waals surface area contributed by atoms with E-state index in [2.05, 4.69) is 20.9 Å². The third-order valence-corrected chi connectivity index (χ3v) is 3.68. The molecule has 0 spiro atoms. The van der Waals surface area contributed by atoms with Gasteiger partial charge in [-0.1, -0.05) is 6.07 Å². The van der Waals surface area contributed by atoms with Gasteiger partial charge in [0.15, 0.2) is 6.10 Å². The van der Waals surface area contributed by atoms with Crippen molar-refractivity contribution < 1.29 is 29.0 Å². The van der Waals surface area contributed by atoms with Crippen molar-refractivity contribution in [3.8, 4) is 0 Å². The zero-order valence-corrected chi connectivity index (χ0v) is 16.8. The first kappa shape index (κ1) is 24.4. The molecule has 1 aromatic rings. The summed E-state index contributed by atoms with van der Waals surface area (Å²) in [6.45, 7) is 10.8. The van der Waals surface area contributed by atoms with E-state index in [0.29, 0.717) is 0 Å². The molecule has 1 aromatic carbocycles. The Morgan fingerprint density at radius 3 is 2.15 bits per heavy atom. The first-order chi connectivity index (χ1) is 12.5. The summed E-state index contributed by atoms with van der Waals surface area (Å²) < 4.78 is 9.17. The van der Waals surface area contributed by atoms with Crippen LogP contribution in [-0.2, 0) is 23.9 Å². The van der Waals surface area contributed by atoms with E-state index in [1.165, 1.54) is 18.1 Å². The Morgan fingerprint density at radius 2 is 1.67 bits per heavy atom. The van der Waals surface area contributed by atoms with Crippen molar-refractivity contribution in [3.63, 3.8) is 0 Å². The number of hydrogen-bond acceptors (Lipinski definition) is 7. The van der Waals surface area contributed by atoms with Gasteiger partial charge in [-0.15, -0.1) is 0 Å². The number of benzene rings is 1. The van der Waals surface area contributed by atoms with Crippen molar-refractivity contribution in [1.29, 1.82) is 0 Å². The monoisotopic (exact) mass is 382 g/mol. The van der Waals surface area contributed by atoms with Gasteiger partial charge in [-0.2, -0.15) is 0 Å². The standard InChI is InChI=1S/C12H17NO2.C7H13NO4/c1-7-5-9(3)11(6-8(7)2)13-10(4)12(14)15;1-3-11-7(10)5(2)12-6(9)4-8/h5-6,10,13H,1-4H3,(H,14,15);5H,3-4,8H2,1-2H3/t10-;/m0./s1. The van der Waals surface area contributed by atoms with Crippen molar-refractivity contribution >= 4 is 23.6 Å². The number of rotatable bonds is 7. The highest BCUT2D eigenvalue weighted by molar-refractivity contribution is 5.79. The van der Waals surface area contributed by atoms with E-state index in [1.807, 2.05) is 26.8 Å². The van der Waals surface area contributed by atoms with Gasteiger partial charge in [0.05, 0.1) is 13.2 Å². The van der Waals surface area contributed by atoms with Crippen LogP contribution in [0.25, 0.3) is 0 Å². The molecular weight excluding hydrogens is 352 g/mol. The second-order valence-electron chi connectivity index (χ2n) is 6.04. The first-order valence-corrected chi connectivity index (χ1v) is 8.66. The minimum absolute atomic E-state index is 0.232. The largest absolute Gasteiger partial charge is 0.480 e. The van der Waals surface area contributed by atoms with Gasteiger partial charge in [0.1, 0.15) is 6.04 Å². The van der Waals surface area contributed by atoms with E-state index in [1.54, 1.807) is 13.8 Å². The Kier molecular flexibility index (Phi) is 10.7. The summed E-state index contributed by atoms with van der Waals surface area (Å²) in [5.41, 5.74) is 9.33. The first-order valence-electron chi connectivity index (χ1n) is 8.66. The van der Waals surface area contributed by atoms with Crippen molar-refractivity contribution in [2.75, 3.05) is 18.5 Å². The van der Waals surface area contributed by atoms with E-state index >= 15 is 0 Å². The van der Waals surface area contributed by atoms with Crippen LogP contribution in [0.15, 0.2) is 12.1 Å². The highest BCUT2D eigenvalue weighted by Crippen LogP contribution is 2.20. The number of hydrogen-bond donors (Lipinski definition) is 3. The highest BCUT2D eigenvalue weighted by atomic mass is 16.6. The summed E-state index contributed by atoms with van der Waals surface area (Å²) in [5.74, 6) is -2.01. The molecule has 27 heavy (non-hydrogen) atoms. The summed E-state index contributed by atoms with van der Waals surface area (Å²) in [6.07, 6.45) is -0.874. The molecule has 1 rings (SSSR count). The maximum Gasteiger partial charge on any atom is 0.347 e. The molecule has 0 saturated heterocycles. The zero-order valence-electron chi connectivity index (χ0n) is 16.8. The molecule has 0 radical (unpaired) electrons. The molecule has 0 heterocycles. The third-order valence-electron chi connectivity index (χ3n) is 3.68. The van der Waals surface area contributed by atoms with Crippen LogP contribution in [0.5, 0.6) is 0 Å². The van der Waals surface area contributed by atoms with Gasteiger partial charge < -0.3 is 25.6 Å². The summed E-state index contributed by atoms with van der Waals surface area (Å²) in [7, 11) is 0. The van der Waals surface area contributed by atoms with Gasteiger partial charge in [0.2, 0.25) is 0 Å². The molecule has 4 N–H and O–H groups in total. The number of carboxylic acids is 1. The maximum absolute atomic E-state index is 10.9. The van der Waals surface area contributed by atoms with Gasteiger partial charge in [0, 0.05) is 5.69 Å². The van der Waals surface area contributed by atoms with Crippen molar-refractivity contribution in [2.24, 2.45) is 5.73 Å². The number of nitrogens with two attached hydrogens (primary N) is 1. The highest BCUT2D eigenvalue weighted by Gasteiger charge is 2.17. The Balaban J connectivity index is 0.000000516. The average molecular weight is 382 g/mol. The van der Waals surface area contributed by atoms with Crippen LogP contribution in [0.2, 0.25) is 0 Å². The van der Waals surface area contributed by atoms with Crippen molar-refractivity contribution in [3.05, 3.63) is 28.8 Å². The van der Waals surface area contributed by atoms with Crippen LogP contribution in [0, 0.1) is 20.8 Å². The molecule has 0 bridgehead atoms. The van der Waals surface area contributed by atoms with Crippen molar-refractivity contribution in [2.45, 2.75) is 53.7 Å². The molecule has 0 saturated carbocycles. The number of ether oxygens (including phenoxy) is 2. The minimum Gasteiger partial charge on any atom is -0.480 e. The van der Waals surface area contributed by atoms with E-state index in [0.717, 1.165) is 11.3 Å². The lowest BCUT2D eigenvalue weighted by Gasteiger charge is -2.15. The lowest BCUT2D eigenvalue weighted by molar-refractivity contribution is -0.165. The number of aryl methyl sites for hydroxylation is 3. The molecule has 0 fully saturated rings. The Labute approximate surface area is 160 Å². The molecule has 0 aliphatic rings. The normalized spacial score (nSPS) is 12.1. The van der Waals surface area contributed by atoms with Crippen LogP contribution < -0.4 is 11.1 Å². The van der Waals surface area contributed by atoms with Crippen LogP contribution >= 0.6 is 0 Å². The number of carboxylic acid groups (broad SMARTS) is 1. The number of carbonyl (C=O) groups excluding carboxylic acids is 2. The molecule has 2 atom stereocenters. The second kappa shape index (κ2) is 11.9. The molecular formula is C19H30N2O6. The Hall–Kier alpha value is -2.61. The molecule has 1 unspecified atom stereocenters. The molecule has 152 valence electrons. The second-order valence-corrected chi connectivity index (χ2v) is 6.04. The Morgan fingerprint density at radius 1 is 1.11 bits per heavy atom. The summed E-state index contributed by atoms with van der Waals surface area (Å²) in [5, 5.41) is 11.8. The van der Waals surface area contributed by atoms with E-state index in [4.69, 9.17) is 10.8 Å². The van der Waals surface area contributed by atoms with Gasteiger partial charge in [0.25, 0.3) is 0 Å². The summed E-state index contributed by atoms with van der Waals surface area (Å²) in [4.78, 5) is 32.1. The van der Waals surface area contributed by atoms with Gasteiger partial charge in [-0.25, -0.2) is 4.79 Å². The SMILES string of the molecule is CCOC(=O)C(C)OC(=O)CN.Cc1cc(C)c(N[C@@H](C)C(=O)O)cc1C. The summed E-state index contributed by atoms with van der Waals surface area (Å²) >= 11 is 0. The smallest absolute Gasteiger partial charge is 0.347 e. The molecule has 8 heteroatoms. The number of nitrogens with one attached hydrogen (secondary N) is 1. The van der Waals surface area contributed by atoms with Crippen LogP contribution in [0.1, 0.15) is 37.5 Å². The quantitative estimate of drug-likeness (QED) is 0.610.